The maximum absolute atomic E-state index is 12.3. The first-order valence-corrected chi connectivity index (χ1v) is 9.22. The highest BCUT2D eigenvalue weighted by Crippen LogP contribution is 2.40. The van der Waals surface area contributed by atoms with Gasteiger partial charge in [-0.2, -0.15) is 0 Å². The molecule has 1 saturated carbocycles. The van der Waals surface area contributed by atoms with Gasteiger partial charge in [-0.15, -0.1) is 0 Å². The summed E-state index contributed by atoms with van der Waals surface area (Å²) >= 11 is 0. The van der Waals surface area contributed by atoms with E-state index in [2.05, 4.69) is 46.6 Å². The molecule has 0 spiro atoms. The van der Waals surface area contributed by atoms with Crippen molar-refractivity contribution >= 4 is 5.91 Å². The predicted octanol–water partition coefficient (Wildman–Crippen LogP) is 3.19. The van der Waals surface area contributed by atoms with Crippen LogP contribution in [0.3, 0.4) is 0 Å². The lowest BCUT2D eigenvalue weighted by Crippen LogP contribution is -2.31. The van der Waals surface area contributed by atoms with Crippen LogP contribution in [-0.4, -0.2) is 35.1 Å². The molecule has 2 heterocycles. The molecule has 1 aromatic heterocycles. The Kier molecular flexibility index (Phi) is 4.57. The van der Waals surface area contributed by atoms with Crippen molar-refractivity contribution in [3.8, 4) is 0 Å². The highest BCUT2D eigenvalue weighted by atomic mass is 16.5. The van der Waals surface area contributed by atoms with Crippen LogP contribution >= 0.6 is 0 Å². The summed E-state index contributed by atoms with van der Waals surface area (Å²) in [4.78, 5) is 14.8. The van der Waals surface area contributed by atoms with Crippen LogP contribution in [0.15, 0.2) is 40.9 Å². The fourth-order valence-electron chi connectivity index (χ4n) is 3.69. The number of nitrogens with zero attached hydrogens (tertiary/aromatic N) is 2. The normalized spacial score (nSPS) is 23.7. The summed E-state index contributed by atoms with van der Waals surface area (Å²) in [6.07, 6.45) is 3.40. The third-order valence-electron chi connectivity index (χ3n) is 5.31. The average Bonchev–Trinajstić information content (AvgIpc) is 3.25. The van der Waals surface area contributed by atoms with Gasteiger partial charge in [0.25, 0.3) is 5.91 Å². The van der Waals surface area contributed by atoms with E-state index in [1.54, 1.807) is 6.07 Å². The van der Waals surface area contributed by atoms with Crippen LogP contribution in [0.5, 0.6) is 0 Å². The quantitative estimate of drug-likeness (QED) is 0.878. The monoisotopic (exact) mass is 339 g/mol. The van der Waals surface area contributed by atoms with Gasteiger partial charge >= 0.3 is 0 Å². The van der Waals surface area contributed by atoms with E-state index in [9.17, 15) is 4.79 Å². The number of hydrogen-bond donors (Lipinski definition) is 1. The Balaban J connectivity index is 1.27. The number of nitrogens with one attached hydrogen (secondary N) is 1. The molecular formula is C20H25N3O2. The second-order valence-electron chi connectivity index (χ2n) is 7.46. The fraction of sp³-hybridized carbons (Fsp3) is 0.500. The molecule has 4 rings (SSSR count). The van der Waals surface area contributed by atoms with Gasteiger partial charge in [0.1, 0.15) is 5.76 Å². The molecule has 2 fully saturated rings. The topological polar surface area (TPSA) is 58.4 Å². The van der Waals surface area contributed by atoms with Crippen LogP contribution in [0.1, 0.15) is 53.9 Å². The van der Waals surface area contributed by atoms with E-state index in [0.717, 1.165) is 38.1 Å². The highest BCUT2D eigenvalue weighted by molar-refractivity contribution is 5.92. The molecule has 0 bridgehead atoms. The van der Waals surface area contributed by atoms with Crippen molar-refractivity contribution in [3.05, 3.63) is 53.4 Å². The first-order chi connectivity index (χ1) is 12.2. The molecule has 25 heavy (non-hydrogen) atoms. The van der Waals surface area contributed by atoms with Gasteiger partial charge in [0, 0.05) is 37.7 Å². The Morgan fingerprint density at radius 2 is 2.12 bits per heavy atom. The van der Waals surface area contributed by atoms with E-state index in [1.165, 1.54) is 5.56 Å². The van der Waals surface area contributed by atoms with Crippen molar-refractivity contribution in [1.82, 2.24) is 15.4 Å². The summed E-state index contributed by atoms with van der Waals surface area (Å²) in [5, 5.41) is 6.94. The first-order valence-electron chi connectivity index (χ1n) is 9.22. The maximum atomic E-state index is 12.3. The zero-order valence-electron chi connectivity index (χ0n) is 14.6. The molecule has 2 aromatic rings. The van der Waals surface area contributed by atoms with Crippen LogP contribution in [0.4, 0.5) is 0 Å². The second kappa shape index (κ2) is 7.00. The number of hydrogen-bond acceptors (Lipinski definition) is 4. The third-order valence-corrected chi connectivity index (χ3v) is 5.31. The molecular weight excluding hydrogens is 314 g/mol. The molecule has 1 aliphatic heterocycles. The molecule has 5 nitrogen and oxygen atoms in total. The van der Waals surface area contributed by atoms with Crippen molar-refractivity contribution in [1.29, 1.82) is 0 Å². The number of amides is 1. The number of rotatable bonds is 6. The maximum Gasteiger partial charge on any atom is 0.273 e. The molecule has 0 unspecified atom stereocenters. The summed E-state index contributed by atoms with van der Waals surface area (Å²) in [5.74, 6) is 1.70. The smallest absolute Gasteiger partial charge is 0.273 e. The largest absolute Gasteiger partial charge is 0.360 e. The van der Waals surface area contributed by atoms with Crippen molar-refractivity contribution in [2.75, 3.05) is 13.1 Å². The minimum Gasteiger partial charge on any atom is -0.360 e. The first kappa shape index (κ1) is 16.3. The van der Waals surface area contributed by atoms with E-state index in [4.69, 9.17) is 4.52 Å². The molecule has 2 atom stereocenters. The lowest BCUT2D eigenvalue weighted by Gasteiger charge is -2.21. The highest BCUT2D eigenvalue weighted by Gasteiger charge is 2.31. The van der Waals surface area contributed by atoms with E-state index >= 15 is 0 Å². The molecule has 1 N–H and O–H groups in total. The molecule has 1 aliphatic carbocycles. The second-order valence-corrected chi connectivity index (χ2v) is 7.46. The Morgan fingerprint density at radius 3 is 2.88 bits per heavy atom. The van der Waals surface area contributed by atoms with E-state index in [0.29, 0.717) is 30.1 Å². The van der Waals surface area contributed by atoms with Gasteiger partial charge in [0.05, 0.1) is 0 Å². The minimum atomic E-state index is -0.121. The van der Waals surface area contributed by atoms with Gasteiger partial charge in [-0.1, -0.05) is 35.5 Å². The molecule has 1 aromatic carbocycles. The molecule has 0 radical (unpaired) electrons. The average molecular weight is 339 g/mol. The van der Waals surface area contributed by atoms with Crippen molar-refractivity contribution in [2.45, 2.75) is 44.7 Å². The summed E-state index contributed by atoms with van der Waals surface area (Å²) in [5.41, 5.74) is 1.75. The SMILES string of the molecule is C[C@H]1C[C@@H](CNC(=O)c2cc(C3CC3)on2)CN1Cc1ccccc1. The Morgan fingerprint density at radius 1 is 1.32 bits per heavy atom. The van der Waals surface area contributed by atoms with Crippen LogP contribution in [0.25, 0.3) is 0 Å². The van der Waals surface area contributed by atoms with E-state index in [1.807, 2.05) is 6.07 Å². The third kappa shape index (κ3) is 3.93. The molecule has 5 heteroatoms. The zero-order chi connectivity index (χ0) is 17.2. The van der Waals surface area contributed by atoms with Crippen molar-refractivity contribution in [2.24, 2.45) is 5.92 Å². The lowest BCUT2D eigenvalue weighted by molar-refractivity contribution is 0.0938. The Hall–Kier alpha value is -2.14. The molecule has 1 saturated heterocycles. The fourth-order valence-corrected chi connectivity index (χ4v) is 3.69. The molecule has 2 aliphatic rings. The zero-order valence-corrected chi connectivity index (χ0v) is 14.6. The van der Waals surface area contributed by atoms with Gasteiger partial charge in [-0.05, 0) is 37.7 Å². The van der Waals surface area contributed by atoms with Gasteiger partial charge in [-0.25, -0.2) is 0 Å². The molecule has 132 valence electrons. The van der Waals surface area contributed by atoms with Crippen LogP contribution in [0, 0.1) is 5.92 Å². The van der Waals surface area contributed by atoms with Gasteiger partial charge < -0.3 is 9.84 Å². The Labute approximate surface area is 148 Å². The van der Waals surface area contributed by atoms with Gasteiger partial charge in [0.15, 0.2) is 5.69 Å². The van der Waals surface area contributed by atoms with Crippen molar-refractivity contribution in [3.63, 3.8) is 0 Å². The van der Waals surface area contributed by atoms with E-state index in [-0.39, 0.29) is 5.91 Å². The van der Waals surface area contributed by atoms with Crippen LogP contribution in [-0.2, 0) is 6.54 Å². The van der Waals surface area contributed by atoms with E-state index < -0.39 is 0 Å². The Bertz CT molecular complexity index is 724. The number of aromatic nitrogens is 1. The predicted molar refractivity (Wildman–Crippen MR) is 95.2 cm³/mol. The summed E-state index contributed by atoms with van der Waals surface area (Å²) in [7, 11) is 0. The number of benzene rings is 1. The van der Waals surface area contributed by atoms with Crippen LogP contribution in [0.2, 0.25) is 0 Å². The van der Waals surface area contributed by atoms with Crippen molar-refractivity contribution < 1.29 is 9.32 Å². The summed E-state index contributed by atoms with van der Waals surface area (Å²) in [6, 6.07) is 12.9. The minimum absolute atomic E-state index is 0.121. The van der Waals surface area contributed by atoms with Gasteiger partial charge in [-0.3, -0.25) is 9.69 Å². The van der Waals surface area contributed by atoms with Crippen LogP contribution < -0.4 is 5.32 Å². The summed E-state index contributed by atoms with van der Waals surface area (Å²) < 4.78 is 5.26. The number of carbonyl (C=O) groups is 1. The molecule has 1 amide bonds. The number of carbonyl (C=O) groups excluding carboxylic acids is 1. The standard InChI is InChI=1S/C20H25N3O2/c1-14-9-16(13-23(14)12-15-5-3-2-4-6-15)11-21-20(24)18-10-19(25-22-18)17-7-8-17/h2-6,10,14,16-17H,7-9,11-13H2,1H3,(H,21,24)/t14-,16-/m0/s1. The van der Waals surface area contributed by atoms with Gasteiger partial charge in [0.2, 0.25) is 0 Å². The lowest BCUT2D eigenvalue weighted by atomic mass is 10.1. The number of likely N-dealkylation sites (tertiary alicyclic amines) is 1. The summed E-state index contributed by atoms with van der Waals surface area (Å²) in [6.45, 7) is 4.95.